The van der Waals surface area contributed by atoms with Crippen molar-refractivity contribution >= 4 is 6.08 Å². The van der Waals surface area contributed by atoms with Crippen molar-refractivity contribution in [1.82, 2.24) is 0 Å². The van der Waals surface area contributed by atoms with Crippen molar-refractivity contribution in [2.45, 2.75) is 11.8 Å². The van der Waals surface area contributed by atoms with E-state index in [4.69, 9.17) is 0 Å². The first kappa shape index (κ1) is 15.3. The van der Waals surface area contributed by atoms with Gasteiger partial charge in [-0.2, -0.15) is 13.2 Å². The molecule has 0 aromatic heterocycles. The summed E-state index contributed by atoms with van der Waals surface area (Å²) in [5.74, 6) is -0.671. The van der Waals surface area contributed by atoms with E-state index < -0.39 is 23.2 Å². The maximum Gasteiger partial charge on any atom is 0.425 e. The molecule has 21 heavy (non-hydrogen) atoms. The predicted octanol–water partition coefficient (Wildman–Crippen LogP) is 4.29. The normalized spacial score (nSPS) is 15.1. The summed E-state index contributed by atoms with van der Waals surface area (Å²) in [5.41, 5.74) is -3.10. The number of halogens is 4. The smallest absolute Gasteiger partial charge is 0.373 e. The molecule has 110 valence electrons. The molecule has 1 N–H and O–H groups in total. The van der Waals surface area contributed by atoms with Gasteiger partial charge in [-0.15, -0.1) is 0 Å². The fourth-order valence-corrected chi connectivity index (χ4v) is 1.84. The summed E-state index contributed by atoms with van der Waals surface area (Å²) in [6.07, 6.45) is -3.08. The van der Waals surface area contributed by atoms with Crippen molar-refractivity contribution in [3.05, 3.63) is 77.6 Å². The number of benzene rings is 2. The van der Waals surface area contributed by atoms with Gasteiger partial charge in [0.25, 0.3) is 0 Å². The first-order valence-electron chi connectivity index (χ1n) is 6.12. The molecule has 2 rings (SSSR count). The molecule has 1 unspecified atom stereocenters. The summed E-state index contributed by atoms with van der Waals surface area (Å²) in [5, 5.41) is 10.0. The minimum absolute atomic E-state index is 0.441. The minimum Gasteiger partial charge on any atom is -0.373 e. The van der Waals surface area contributed by atoms with E-state index in [0.717, 1.165) is 24.3 Å². The lowest BCUT2D eigenvalue weighted by atomic mass is 9.92. The summed E-state index contributed by atoms with van der Waals surface area (Å²) in [6.45, 7) is 0. The van der Waals surface area contributed by atoms with Crippen LogP contribution in [0.15, 0.2) is 60.7 Å². The Bertz CT molecular complexity index is 617. The van der Waals surface area contributed by atoms with E-state index in [1.165, 1.54) is 6.08 Å². The van der Waals surface area contributed by atoms with Gasteiger partial charge in [0.2, 0.25) is 5.60 Å². The van der Waals surface area contributed by atoms with Gasteiger partial charge < -0.3 is 5.11 Å². The number of hydrogen-bond acceptors (Lipinski definition) is 1. The van der Waals surface area contributed by atoms with Crippen molar-refractivity contribution in [1.29, 1.82) is 0 Å². The molecule has 1 nitrogen and oxygen atoms in total. The van der Waals surface area contributed by atoms with Crippen molar-refractivity contribution in [2.75, 3.05) is 0 Å². The second-order valence-electron chi connectivity index (χ2n) is 4.52. The molecular formula is C16H12F4O. The zero-order valence-corrected chi connectivity index (χ0v) is 10.8. The van der Waals surface area contributed by atoms with Gasteiger partial charge in [0.05, 0.1) is 0 Å². The number of hydrogen-bond donors (Lipinski definition) is 1. The molecule has 2 aromatic rings. The quantitative estimate of drug-likeness (QED) is 0.838. The summed E-state index contributed by atoms with van der Waals surface area (Å²) in [6, 6.07) is 11.9. The summed E-state index contributed by atoms with van der Waals surface area (Å²) >= 11 is 0. The third kappa shape index (κ3) is 3.31. The van der Waals surface area contributed by atoms with Crippen molar-refractivity contribution < 1.29 is 22.7 Å². The largest absolute Gasteiger partial charge is 0.425 e. The molecule has 0 aliphatic carbocycles. The monoisotopic (exact) mass is 296 g/mol. The van der Waals surface area contributed by atoms with E-state index in [1.54, 1.807) is 30.3 Å². The topological polar surface area (TPSA) is 20.2 Å². The van der Waals surface area contributed by atoms with Gasteiger partial charge in [0.15, 0.2) is 0 Å². The Morgan fingerprint density at radius 3 is 1.95 bits per heavy atom. The third-order valence-electron chi connectivity index (χ3n) is 3.03. The third-order valence-corrected chi connectivity index (χ3v) is 3.03. The maximum absolute atomic E-state index is 13.2. The van der Waals surface area contributed by atoms with Crippen molar-refractivity contribution in [2.24, 2.45) is 0 Å². The molecule has 0 spiro atoms. The van der Waals surface area contributed by atoms with E-state index in [0.29, 0.717) is 11.6 Å². The lowest BCUT2D eigenvalue weighted by Gasteiger charge is -2.28. The van der Waals surface area contributed by atoms with Crippen LogP contribution in [0, 0.1) is 5.82 Å². The van der Waals surface area contributed by atoms with Gasteiger partial charge in [-0.1, -0.05) is 48.5 Å². The number of rotatable bonds is 3. The Morgan fingerprint density at radius 1 is 0.857 bits per heavy atom. The zero-order chi connectivity index (χ0) is 15.5. The van der Waals surface area contributed by atoms with Gasteiger partial charge in [0, 0.05) is 0 Å². The summed E-state index contributed by atoms with van der Waals surface area (Å²) < 4.78 is 52.4. The molecule has 0 amide bonds. The fourth-order valence-electron chi connectivity index (χ4n) is 1.84. The van der Waals surface area contributed by atoms with Crippen LogP contribution in [-0.2, 0) is 5.60 Å². The second-order valence-corrected chi connectivity index (χ2v) is 4.52. The Kier molecular flexibility index (Phi) is 4.14. The molecule has 0 heterocycles. The summed E-state index contributed by atoms with van der Waals surface area (Å²) in [4.78, 5) is 0. The molecule has 5 heteroatoms. The average Bonchev–Trinajstić information content (AvgIpc) is 2.45. The van der Waals surface area contributed by atoms with E-state index in [-0.39, 0.29) is 0 Å². The van der Waals surface area contributed by atoms with Crippen molar-refractivity contribution in [3.8, 4) is 0 Å². The highest BCUT2D eigenvalue weighted by atomic mass is 19.4. The maximum atomic E-state index is 13.2. The van der Waals surface area contributed by atoms with Gasteiger partial charge in [-0.05, 0) is 29.3 Å². The fraction of sp³-hybridized carbons (Fsp3) is 0.125. The van der Waals surface area contributed by atoms with E-state index in [1.807, 2.05) is 0 Å². The molecule has 0 aliphatic heterocycles. The molecule has 0 radical (unpaired) electrons. The van der Waals surface area contributed by atoms with Crippen LogP contribution in [0.3, 0.4) is 0 Å². The van der Waals surface area contributed by atoms with Crippen LogP contribution in [-0.4, -0.2) is 11.3 Å². The highest BCUT2D eigenvalue weighted by Crippen LogP contribution is 2.40. The van der Waals surface area contributed by atoms with Crippen LogP contribution < -0.4 is 0 Å². The Hall–Kier alpha value is -2.14. The van der Waals surface area contributed by atoms with Crippen LogP contribution in [0.1, 0.15) is 11.1 Å². The van der Waals surface area contributed by atoms with Gasteiger partial charge in [-0.25, -0.2) is 4.39 Å². The average molecular weight is 296 g/mol. The second kappa shape index (κ2) is 5.69. The van der Waals surface area contributed by atoms with Crippen LogP contribution in [0.25, 0.3) is 6.08 Å². The first-order chi connectivity index (χ1) is 9.83. The van der Waals surface area contributed by atoms with Gasteiger partial charge in [0.1, 0.15) is 5.82 Å². The molecule has 0 saturated carbocycles. The number of alkyl halides is 3. The molecule has 0 fully saturated rings. The summed E-state index contributed by atoms with van der Waals surface area (Å²) in [7, 11) is 0. The van der Waals surface area contributed by atoms with Crippen LogP contribution in [0.2, 0.25) is 0 Å². The predicted molar refractivity (Wildman–Crippen MR) is 71.8 cm³/mol. The molecule has 0 aliphatic rings. The van der Waals surface area contributed by atoms with Crippen LogP contribution in [0.4, 0.5) is 17.6 Å². The Balaban J connectivity index is 2.43. The van der Waals surface area contributed by atoms with Gasteiger partial charge >= 0.3 is 6.18 Å². The highest BCUT2D eigenvalue weighted by Gasteiger charge is 2.53. The standard InChI is InChI=1S/C16H12F4O/c17-14-8-6-13(7-9-14)15(21,16(18,19)20)11-10-12-4-2-1-3-5-12/h1-11,21H/b11-10+. The molecule has 1 atom stereocenters. The SMILES string of the molecule is OC(/C=C/c1ccccc1)(c1ccc(F)cc1)C(F)(F)F. The molecule has 2 aromatic carbocycles. The Morgan fingerprint density at radius 2 is 1.43 bits per heavy atom. The van der Waals surface area contributed by atoms with E-state index in [9.17, 15) is 22.7 Å². The Labute approximate surface area is 119 Å². The highest BCUT2D eigenvalue weighted by molar-refractivity contribution is 5.52. The molecule has 0 saturated heterocycles. The van der Waals surface area contributed by atoms with Crippen LogP contribution in [0.5, 0.6) is 0 Å². The first-order valence-corrected chi connectivity index (χ1v) is 6.12. The zero-order valence-electron chi connectivity index (χ0n) is 10.8. The minimum atomic E-state index is -4.92. The number of aliphatic hydroxyl groups is 1. The lowest BCUT2D eigenvalue weighted by molar-refractivity contribution is -0.244. The lowest BCUT2D eigenvalue weighted by Crippen LogP contribution is -2.40. The van der Waals surface area contributed by atoms with Crippen molar-refractivity contribution in [3.63, 3.8) is 0 Å². The van der Waals surface area contributed by atoms with Gasteiger partial charge in [-0.3, -0.25) is 0 Å². The molecular weight excluding hydrogens is 284 g/mol. The van der Waals surface area contributed by atoms with E-state index in [2.05, 4.69) is 0 Å². The molecule has 0 bridgehead atoms. The van der Waals surface area contributed by atoms with E-state index >= 15 is 0 Å². The van der Waals surface area contributed by atoms with Crippen LogP contribution >= 0.6 is 0 Å².